The molecule has 82 valence electrons. The van der Waals surface area contributed by atoms with E-state index in [9.17, 15) is 15.0 Å². The van der Waals surface area contributed by atoms with E-state index in [1.165, 1.54) is 12.1 Å². The lowest BCUT2D eigenvalue weighted by atomic mass is 10.2. The number of benzene rings is 1. The quantitative estimate of drug-likeness (QED) is 0.572. The fourth-order valence-corrected chi connectivity index (χ4v) is 2.14. The molecule has 5 nitrogen and oxygen atoms in total. The van der Waals surface area contributed by atoms with Crippen molar-refractivity contribution < 1.29 is 15.0 Å². The SMILES string of the molecule is O=C1NCCn2c1cc1c(O)ccc(O)c12. The summed E-state index contributed by atoms with van der Waals surface area (Å²) in [6, 6.07) is 4.44. The molecular weight excluding hydrogens is 208 g/mol. The van der Waals surface area contributed by atoms with Gasteiger partial charge in [-0.1, -0.05) is 0 Å². The minimum atomic E-state index is -0.179. The van der Waals surface area contributed by atoms with Gasteiger partial charge >= 0.3 is 0 Å². The van der Waals surface area contributed by atoms with Crippen molar-refractivity contribution in [3.63, 3.8) is 0 Å². The third-order valence-corrected chi connectivity index (χ3v) is 2.87. The zero-order valence-corrected chi connectivity index (χ0v) is 8.40. The monoisotopic (exact) mass is 218 g/mol. The molecule has 0 fully saturated rings. The molecule has 1 aliphatic heterocycles. The maximum atomic E-state index is 11.6. The van der Waals surface area contributed by atoms with E-state index in [1.807, 2.05) is 0 Å². The molecule has 16 heavy (non-hydrogen) atoms. The van der Waals surface area contributed by atoms with Gasteiger partial charge in [0.2, 0.25) is 0 Å². The fourth-order valence-electron chi connectivity index (χ4n) is 2.14. The number of hydrogen-bond acceptors (Lipinski definition) is 3. The van der Waals surface area contributed by atoms with Crippen LogP contribution >= 0.6 is 0 Å². The Morgan fingerprint density at radius 1 is 1.25 bits per heavy atom. The Hall–Kier alpha value is -2.17. The van der Waals surface area contributed by atoms with Crippen LogP contribution in [0.1, 0.15) is 10.5 Å². The van der Waals surface area contributed by atoms with Crippen LogP contribution in [-0.4, -0.2) is 27.2 Å². The van der Waals surface area contributed by atoms with Gasteiger partial charge in [0.05, 0.1) is 5.52 Å². The predicted octanol–water partition coefficient (Wildman–Crippen LogP) is 0.796. The van der Waals surface area contributed by atoms with Crippen molar-refractivity contribution in [1.29, 1.82) is 0 Å². The van der Waals surface area contributed by atoms with Crippen molar-refractivity contribution in [2.24, 2.45) is 0 Å². The summed E-state index contributed by atoms with van der Waals surface area (Å²) in [7, 11) is 0. The van der Waals surface area contributed by atoms with Gasteiger partial charge in [-0.15, -0.1) is 0 Å². The van der Waals surface area contributed by atoms with E-state index in [4.69, 9.17) is 0 Å². The summed E-state index contributed by atoms with van der Waals surface area (Å²) in [5.74, 6) is -0.0301. The van der Waals surface area contributed by atoms with Gasteiger partial charge in [0.15, 0.2) is 0 Å². The summed E-state index contributed by atoms with van der Waals surface area (Å²) in [5, 5.41) is 22.7. The number of aromatic nitrogens is 1. The molecule has 0 spiro atoms. The van der Waals surface area contributed by atoms with Crippen LogP contribution in [-0.2, 0) is 6.54 Å². The van der Waals surface area contributed by atoms with Crippen LogP contribution in [0.4, 0.5) is 0 Å². The third kappa shape index (κ3) is 1.02. The van der Waals surface area contributed by atoms with Gasteiger partial charge < -0.3 is 20.1 Å². The van der Waals surface area contributed by atoms with Crippen LogP contribution in [0.2, 0.25) is 0 Å². The van der Waals surface area contributed by atoms with Crippen LogP contribution in [0.25, 0.3) is 10.9 Å². The van der Waals surface area contributed by atoms with Crippen molar-refractivity contribution in [2.75, 3.05) is 6.54 Å². The van der Waals surface area contributed by atoms with Crippen LogP contribution < -0.4 is 5.32 Å². The first kappa shape index (κ1) is 9.08. The van der Waals surface area contributed by atoms with E-state index in [0.717, 1.165) is 0 Å². The molecule has 1 aromatic carbocycles. The smallest absolute Gasteiger partial charge is 0.268 e. The highest BCUT2D eigenvalue weighted by atomic mass is 16.3. The molecule has 1 aliphatic rings. The van der Waals surface area contributed by atoms with E-state index < -0.39 is 0 Å². The summed E-state index contributed by atoms with van der Waals surface area (Å²) in [6.07, 6.45) is 0. The maximum Gasteiger partial charge on any atom is 0.268 e. The second-order valence-electron chi connectivity index (χ2n) is 3.80. The zero-order valence-electron chi connectivity index (χ0n) is 8.40. The highest BCUT2D eigenvalue weighted by Crippen LogP contribution is 2.34. The van der Waals surface area contributed by atoms with Crippen LogP contribution in [0.15, 0.2) is 18.2 Å². The number of carbonyl (C=O) groups excluding carboxylic acids is 1. The molecule has 0 saturated carbocycles. The Balaban J connectivity index is 2.45. The molecule has 3 rings (SSSR count). The van der Waals surface area contributed by atoms with E-state index >= 15 is 0 Å². The van der Waals surface area contributed by atoms with Crippen molar-refractivity contribution in [1.82, 2.24) is 9.88 Å². The topological polar surface area (TPSA) is 74.5 Å². The van der Waals surface area contributed by atoms with Crippen LogP contribution in [0, 0.1) is 0 Å². The summed E-state index contributed by atoms with van der Waals surface area (Å²) in [5.41, 5.74) is 0.989. The molecule has 0 bridgehead atoms. The predicted molar refractivity (Wildman–Crippen MR) is 57.6 cm³/mol. The number of carbonyl (C=O) groups is 1. The number of fused-ring (bicyclic) bond motifs is 3. The third-order valence-electron chi connectivity index (χ3n) is 2.87. The van der Waals surface area contributed by atoms with Gasteiger partial charge in [-0.2, -0.15) is 0 Å². The lowest BCUT2D eigenvalue weighted by molar-refractivity contribution is 0.0929. The van der Waals surface area contributed by atoms with Crippen LogP contribution in [0.5, 0.6) is 11.5 Å². The number of amides is 1. The van der Waals surface area contributed by atoms with Crippen molar-refractivity contribution in [3.8, 4) is 11.5 Å². The minimum absolute atomic E-state index is 0.0718. The molecule has 2 aromatic rings. The van der Waals surface area contributed by atoms with Crippen LogP contribution in [0.3, 0.4) is 0 Å². The van der Waals surface area contributed by atoms with Gasteiger partial charge in [0.1, 0.15) is 17.2 Å². The van der Waals surface area contributed by atoms with E-state index in [1.54, 1.807) is 10.6 Å². The molecule has 1 amide bonds. The summed E-state index contributed by atoms with van der Waals surface area (Å²) < 4.78 is 1.73. The molecule has 0 aliphatic carbocycles. The van der Waals surface area contributed by atoms with Crippen molar-refractivity contribution >= 4 is 16.8 Å². The second-order valence-corrected chi connectivity index (χ2v) is 3.80. The first-order valence-corrected chi connectivity index (χ1v) is 5.01. The van der Waals surface area contributed by atoms with Crippen molar-refractivity contribution in [3.05, 3.63) is 23.9 Å². The lowest BCUT2D eigenvalue weighted by Crippen LogP contribution is -2.34. The first-order valence-electron chi connectivity index (χ1n) is 5.01. The molecule has 1 aromatic heterocycles. The number of nitrogens with one attached hydrogen (secondary N) is 1. The summed E-state index contributed by atoms with van der Waals surface area (Å²) in [4.78, 5) is 11.6. The zero-order chi connectivity index (χ0) is 11.3. The Kier molecular flexibility index (Phi) is 1.65. The largest absolute Gasteiger partial charge is 0.507 e. The van der Waals surface area contributed by atoms with Gasteiger partial charge in [-0.05, 0) is 18.2 Å². The summed E-state index contributed by atoms with van der Waals surface area (Å²) in [6.45, 7) is 1.13. The van der Waals surface area contributed by atoms with E-state index in [0.29, 0.717) is 29.7 Å². The van der Waals surface area contributed by atoms with Gasteiger partial charge in [-0.3, -0.25) is 4.79 Å². The number of rotatable bonds is 0. The average molecular weight is 218 g/mol. The van der Waals surface area contributed by atoms with E-state index in [2.05, 4.69) is 5.32 Å². The van der Waals surface area contributed by atoms with Gasteiger partial charge in [0, 0.05) is 18.5 Å². The molecule has 0 unspecified atom stereocenters. The van der Waals surface area contributed by atoms with E-state index in [-0.39, 0.29) is 17.4 Å². The molecule has 5 heteroatoms. The van der Waals surface area contributed by atoms with Crippen molar-refractivity contribution in [2.45, 2.75) is 6.54 Å². The Bertz CT molecular complexity index is 601. The standard InChI is InChI=1S/C11H10N2O3/c14-8-1-2-9(15)10-6(8)5-7-11(16)12-3-4-13(7)10/h1-2,5,14-15H,3-4H2,(H,12,16). The Labute approximate surface area is 90.9 Å². The number of nitrogens with zero attached hydrogens (tertiary/aromatic N) is 1. The normalized spacial score (nSPS) is 14.9. The highest BCUT2D eigenvalue weighted by molar-refractivity contribution is 6.02. The lowest BCUT2D eigenvalue weighted by Gasteiger charge is -2.16. The molecule has 0 atom stereocenters. The Morgan fingerprint density at radius 3 is 2.81 bits per heavy atom. The number of phenols is 2. The molecular formula is C11H10N2O3. The fraction of sp³-hybridized carbons (Fsp3) is 0.182. The molecule has 0 radical (unpaired) electrons. The molecule has 0 saturated heterocycles. The number of hydrogen-bond donors (Lipinski definition) is 3. The molecule has 3 N–H and O–H groups in total. The van der Waals surface area contributed by atoms with Gasteiger partial charge in [0.25, 0.3) is 5.91 Å². The number of aromatic hydroxyl groups is 2. The minimum Gasteiger partial charge on any atom is -0.507 e. The Morgan fingerprint density at radius 2 is 2.00 bits per heavy atom. The highest BCUT2D eigenvalue weighted by Gasteiger charge is 2.22. The summed E-state index contributed by atoms with van der Waals surface area (Å²) >= 11 is 0. The maximum absolute atomic E-state index is 11.6. The van der Waals surface area contributed by atoms with Gasteiger partial charge in [-0.25, -0.2) is 0 Å². The molecule has 2 heterocycles. The first-order chi connectivity index (χ1) is 7.68. The second kappa shape index (κ2) is 2.91. The number of phenolic OH excluding ortho intramolecular Hbond substituents is 2. The average Bonchev–Trinajstić information content (AvgIpc) is 2.66.